The van der Waals surface area contributed by atoms with Crippen molar-refractivity contribution in [3.8, 4) is 17.3 Å². The van der Waals surface area contributed by atoms with E-state index >= 15 is 0 Å². The number of carbonyl (C=O) groups excluding carboxylic acids is 1. The topological polar surface area (TPSA) is 103 Å². The minimum Gasteiger partial charge on any atom is -0.479 e. The molecule has 0 radical (unpaired) electrons. The number of hydrogen-bond acceptors (Lipinski definition) is 7. The van der Waals surface area contributed by atoms with Crippen molar-refractivity contribution in [2.45, 2.75) is 25.3 Å². The van der Waals surface area contributed by atoms with Crippen molar-refractivity contribution in [3.05, 3.63) is 47.0 Å². The molecule has 0 saturated carbocycles. The zero-order valence-corrected chi connectivity index (χ0v) is 14.1. The molecule has 0 bridgehead atoms. The van der Waals surface area contributed by atoms with Gasteiger partial charge in [0.05, 0.1) is 19.2 Å². The Morgan fingerprint density at radius 1 is 1.30 bits per heavy atom. The number of halogens is 2. The molecule has 1 amide bonds. The average molecular weight is 376 g/mol. The number of methoxy groups -OCH3 is 1. The molecule has 1 aromatic carbocycles. The van der Waals surface area contributed by atoms with E-state index in [2.05, 4.69) is 25.1 Å². The fourth-order valence-electron chi connectivity index (χ4n) is 3.04. The molecule has 8 nitrogen and oxygen atoms in total. The maximum Gasteiger partial charge on any atom is 0.315 e. The van der Waals surface area contributed by atoms with E-state index in [1.165, 1.54) is 13.2 Å². The van der Waals surface area contributed by atoms with Gasteiger partial charge in [0, 0.05) is 5.56 Å². The number of carbonyl (C=O) groups is 1. The van der Waals surface area contributed by atoms with Gasteiger partial charge in [-0.2, -0.15) is 13.8 Å². The van der Waals surface area contributed by atoms with Crippen molar-refractivity contribution >= 4 is 5.91 Å². The Kier molecular flexibility index (Phi) is 4.30. The van der Waals surface area contributed by atoms with Gasteiger partial charge in [0.2, 0.25) is 11.6 Å². The molecule has 0 fully saturated rings. The SMILES string of the molecule is COc1cc(C(=O)N[C@@H]2CCc3cc(-c4noc(C(F)F)n4)ccc32)on1. The molecular weight excluding hydrogens is 362 g/mol. The van der Waals surface area contributed by atoms with Gasteiger partial charge >= 0.3 is 6.43 Å². The minimum atomic E-state index is -2.81. The Morgan fingerprint density at radius 3 is 2.85 bits per heavy atom. The third-order valence-electron chi connectivity index (χ3n) is 4.33. The predicted molar refractivity (Wildman–Crippen MR) is 86.3 cm³/mol. The Morgan fingerprint density at radius 2 is 2.15 bits per heavy atom. The molecule has 0 aliphatic heterocycles. The molecule has 0 saturated heterocycles. The molecule has 140 valence electrons. The van der Waals surface area contributed by atoms with Crippen LogP contribution in [0.5, 0.6) is 5.88 Å². The first kappa shape index (κ1) is 17.1. The van der Waals surface area contributed by atoms with Crippen LogP contribution in [0.2, 0.25) is 0 Å². The lowest BCUT2D eigenvalue weighted by atomic mass is 10.0. The highest BCUT2D eigenvalue weighted by molar-refractivity contribution is 5.92. The van der Waals surface area contributed by atoms with Gasteiger partial charge in [-0.3, -0.25) is 4.79 Å². The summed E-state index contributed by atoms with van der Waals surface area (Å²) in [6.45, 7) is 0. The number of fused-ring (bicyclic) bond motifs is 1. The van der Waals surface area contributed by atoms with Crippen molar-refractivity contribution < 1.29 is 27.4 Å². The van der Waals surface area contributed by atoms with Gasteiger partial charge in [0.25, 0.3) is 17.7 Å². The van der Waals surface area contributed by atoms with Gasteiger partial charge in [-0.1, -0.05) is 17.3 Å². The van der Waals surface area contributed by atoms with E-state index in [1.807, 2.05) is 12.1 Å². The van der Waals surface area contributed by atoms with E-state index in [0.717, 1.165) is 11.1 Å². The number of amides is 1. The Hall–Kier alpha value is -3.30. The molecule has 27 heavy (non-hydrogen) atoms. The van der Waals surface area contributed by atoms with E-state index in [1.54, 1.807) is 6.07 Å². The second-order valence-corrected chi connectivity index (χ2v) is 5.97. The van der Waals surface area contributed by atoms with Gasteiger partial charge in [0.15, 0.2) is 0 Å². The van der Waals surface area contributed by atoms with Crippen LogP contribution < -0.4 is 10.1 Å². The van der Waals surface area contributed by atoms with Crippen molar-refractivity contribution in [1.82, 2.24) is 20.6 Å². The van der Waals surface area contributed by atoms with Gasteiger partial charge in [-0.25, -0.2) is 0 Å². The summed E-state index contributed by atoms with van der Waals surface area (Å²) < 4.78 is 39.6. The van der Waals surface area contributed by atoms with Crippen LogP contribution in [0.1, 0.15) is 46.5 Å². The molecule has 4 rings (SSSR count). The third kappa shape index (κ3) is 3.25. The van der Waals surface area contributed by atoms with Crippen LogP contribution in [-0.2, 0) is 6.42 Å². The van der Waals surface area contributed by atoms with E-state index in [4.69, 9.17) is 9.26 Å². The third-order valence-corrected chi connectivity index (χ3v) is 4.33. The van der Waals surface area contributed by atoms with Crippen LogP contribution in [-0.4, -0.2) is 28.3 Å². The number of aromatic nitrogens is 3. The fraction of sp³-hybridized carbons (Fsp3) is 0.294. The number of aryl methyl sites for hydroxylation is 1. The summed E-state index contributed by atoms with van der Waals surface area (Å²) >= 11 is 0. The Labute approximate surface area is 151 Å². The first-order valence-electron chi connectivity index (χ1n) is 8.11. The highest BCUT2D eigenvalue weighted by atomic mass is 19.3. The van der Waals surface area contributed by atoms with Gasteiger partial charge in [0.1, 0.15) is 0 Å². The van der Waals surface area contributed by atoms with Crippen LogP contribution >= 0.6 is 0 Å². The van der Waals surface area contributed by atoms with Gasteiger partial charge < -0.3 is 19.1 Å². The summed E-state index contributed by atoms with van der Waals surface area (Å²) in [5.74, 6) is -0.719. The van der Waals surface area contributed by atoms with E-state index in [-0.39, 0.29) is 23.5 Å². The largest absolute Gasteiger partial charge is 0.479 e. The molecule has 0 spiro atoms. The molecule has 2 aromatic heterocycles. The average Bonchev–Trinajstić information content (AvgIpc) is 3.40. The number of nitrogens with one attached hydrogen (secondary N) is 1. The van der Waals surface area contributed by atoms with Crippen molar-refractivity contribution in [2.75, 3.05) is 7.11 Å². The van der Waals surface area contributed by atoms with E-state index in [9.17, 15) is 13.6 Å². The van der Waals surface area contributed by atoms with Crippen molar-refractivity contribution in [1.29, 1.82) is 0 Å². The van der Waals surface area contributed by atoms with E-state index < -0.39 is 18.2 Å². The summed E-state index contributed by atoms with van der Waals surface area (Å²) in [5, 5.41) is 10.1. The summed E-state index contributed by atoms with van der Waals surface area (Å²) in [4.78, 5) is 16.0. The highest BCUT2D eigenvalue weighted by Gasteiger charge is 2.27. The number of nitrogens with zero attached hydrogens (tertiary/aromatic N) is 3. The minimum absolute atomic E-state index is 0.0586. The summed E-state index contributed by atoms with van der Waals surface area (Å²) in [6.07, 6.45) is -1.40. The lowest BCUT2D eigenvalue weighted by Gasteiger charge is -2.13. The molecule has 1 atom stereocenters. The van der Waals surface area contributed by atoms with Crippen LogP contribution in [0.3, 0.4) is 0 Å². The molecule has 1 N–H and O–H groups in total. The fourth-order valence-corrected chi connectivity index (χ4v) is 3.04. The van der Waals surface area contributed by atoms with Gasteiger partial charge in [-0.15, -0.1) is 0 Å². The summed E-state index contributed by atoms with van der Waals surface area (Å²) in [5.41, 5.74) is 2.50. The molecule has 10 heteroatoms. The molecule has 1 aliphatic rings. The predicted octanol–water partition coefficient (Wildman–Crippen LogP) is 3.09. The summed E-state index contributed by atoms with van der Waals surface area (Å²) in [7, 11) is 1.43. The van der Waals surface area contributed by atoms with Crippen LogP contribution in [0.15, 0.2) is 33.3 Å². The lowest BCUT2D eigenvalue weighted by Crippen LogP contribution is -2.26. The maximum absolute atomic E-state index is 12.6. The first-order valence-corrected chi connectivity index (χ1v) is 8.11. The first-order chi connectivity index (χ1) is 13.0. The number of benzene rings is 1. The van der Waals surface area contributed by atoms with Crippen LogP contribution in [0.25, 0.3) is 11.4 Å². The number of alkyl halides is 2. The standard InChI is InChI=1S/C17H14F2N4O4/c1-25-13-7-12(26-22-13)16(24)20-11-5-3-8-6-9(2-4-10(8)11)15-21-17(14(18)19)27-23-15/h2,4,6-7,11,14H,3,5H2,1H3,(H,20,24)/t11-/m1/s1. The number of hydrogen-bond donors (Lipinski definition) is 1. The normalized spacial score (nSPS) is 15.8. The molecular formula is C17H14F2N4O4. The molecule has 2 heterocycles. The van der Waals surface area contributed by atoms with Crippen molar-refractivity contribution in [3.63, 3.8) is 0 Å². The zero-order chi connectivity index (χ0) is 19.0. The van der Waals surface area contributed by atoms with Gasteiger partial charge in [-0.05, 0) is 35.2 Å². The summed E-state index contributed by atoms with van der Waals surface area (Å²) in [6, 6.07) is 6.56. The Balaban J connectivity index is 1.51. The Bertz CT molecular complexity index is 985. The highest BCUT2D eigenvalue weighted by Crippen LogP contribution is 2.34. The molecule has 1 aliphatic carbocycles. The molecule has 0 unspecified atom stereocenters. The quantitative estimate of drug-likeness (QED) is 0.730. The van der Waals surface area contributed by atoms with Crippen LogP contribution in [0, 0.1) is 0 Å². The van der Waals surface area contributed by atoms with Crippen molar-refractivity contribution in [2.24, 2.45) is 0 Å². The molecule has 3 aromatic rings. The number of rotatable bonds is 5. The second-order valence-electron chi connectivity index (χ2n) is 5.97. The zero-order valence-electron chi connectivity index (χ0n) is 14.1. The number of ether oxygens (including phenoxy) is 1. The smallest absolute Gasteiger partial charge is 0.315 e. The lowest BCUT2D eigenvalue weighted by molar-refractivity contribution is 0.0899. The maximum atomic E-state index is 12.6. The van der Waals surface area contributed by atoms with Crippen LogP contribution in [0.4, 0.5) is 8.78 Å². The second kappa shape index (κ2) is 6.78. The monoisotopic (exact) mass is 376 g/mol. The van der Waals surface area contributed by atoms with E-state index in [0.29, 0.717) is 18.4 Å².